The fourth-order valence-electron chi connectivity index (χ4n) is 1.77. The highest BCUT2D eigenvalue weighted by Crippen LogP contribution is 2.22. The van der Waals surface area contributed by atoms with Gasteiger partial charge in [-0.3, -0.25) is 4.79 Å². The summed E-state index contributed by atoms with van der Waals surface area (Å²) in [7, 11) is 0. The lowest BCUT2D eigenvalue weighted by atomic mass is 10.2. The smallest absolute Gasteiger partial charge is 0.410 e. The van der Waals surface area contributed by atoms with Crippen LogP contribution in [-0.4, -0.2) is 52.3 Å². The number of likely N-dealkylation sites (tertiary alicyclic amines) is 1. The Morgan fingerprint density at radius 3 is 2.67 bits per heavy atom. The van der Waals surface area contributed by atoms with Crippen LogP contribution in [0.4, 0.5) is 4.79 Å². The van der Waals surface area contributed by atoms with Gasteiger partial charge in [0.25, 0.3) is 0 Å². The highest BCUT2D eigenvalue weighted by molar-refractivity contribution is 7.99. The molecule has 104 valence electrons. The van der Waals surface area contributed by atoms with E-state index in [-0.39, 0.29) is 11.8 Å². The predicted octanol–water partition coefficient (Wildman–Crippen LogP) is 2.06. The SMILES string of the molecule is CC(C)(C)OC(=O)N1CC[C@@H](CSCC(=O)O)C1. The molecule has 1 aliphatic rings. The van der Waals surface area contributed by atoms with E-state index in [9.17, 15) is 9.59 Å². The molecule has 0 aromatic heterocycles. The highest BCUT2D eigenvalue weighted by Gasteiger charge is 2.29. The zero-order chi connectivity index (χ0) is 13.8. The first-order chi connectivity index (χ1) is 8.28. The zero-order valence-corrected chi connectivity index (χ0v) is 12.0. The third kappa shape index (κ3) is 5.62. The van der Waals surface area contributed by atoms with Gasteiger partial charge in [0.2, 0.25) is 0 Å². The molecule has 0 spiro atoms. The first-order valence-electron chi connectivity index (χ1n) is 6.05. The Bertz CT molecular complexity index is 314. The Balaban J connectivity index is 2.28. The first kappa shape index (κ1) is 15.1. The first-order valence-corrected chi connectivity index (χ1v) is 7.21. The van der Waals surface area contributed by atoms with Gasteiger partial charge in [-0.05, 0) is 38.9 Å². The van der Waals surface area contributed by atoms with Gasteiger partial charge in [-0.15, -0.1) is 11.8 Å². The zero-order valence-electron chi connectivity index (χ0n) is 11.1. The van der Waals surface area contributed by atoms with Crippen LogP contribution >= 0.6 is 11.8 Å². The van der Waals surface area contributed by atoms with Gasteiger partial charge in [0.1, 0.15) is 5.60 Å². The van der Waals surface area contributed by atoms with E-state index in [0.717, 1.165) is 12.2 Å². The lowest BCUT2D eigenvalue weighted by Gasteiger charge is -2.24. The molecule has 0 aliphatic carbocycles. The molecule has 1 N–H and O–H groups in total. The standard InChI is InChI=1S/C12H21NO4S/c1-12(2,3)17-11(16)13-5-4-9(6-13)7-18-8-10(14)15/h9H,4-8H2,1-3H3,(H,14,15)/t9-/m1/s1. The minimum atomic E-state index is -0.790. The lowest BCUT2D eigenvalue weighted by molar-refractivity contribution is -0.133. The second-order valence-corrected chi connectivity index (χ2v) is 6.52. The number of rotatable bonds is 4. The Hall–Kier alpha value is -0.910. The van der Waals surface area contributed by atoms with Gasteiger partial charge in [0.15, 0.2) is 0 Å². The number of amides is 1. The molecule has 1 amide bonds. The Morgan fingerprint density at radius 1 is 1.44 bits per heavy atom. The number of hydrogen-bond donors (Lipinski definition) is 1. The van der Waals surface area contributed by atoms with Crippen molar-refractivity contribution in [2.45, 2.75) is 32.8 Å². The van der Waals surface area contributed by atoms with Crippen molar-refractivity contribution in [3.63, 3.8) is 0 Å². The molecule has 1 aliphatic heterocycles. The Morgan fingerprint density at radius 2 is 2.11 bits per heavy atom. The molecule has 1 heterocycles. The minimum absolute atomic E-state index is 0.128. The molecule has 0 bridgehead atoms. The highest BCUT2D eigenvalue weighted by atomic mass is 32.2. The van der Waals surface area contributed by atoms with Crippen LogP contribution in [0, 0.1) is 5.92 Å². The molecule has 0 saturated carbocycles. The van der Waals surface area contributed by atoms with Crippen molar-refractivity contribution in [2.75, 3.05) is 24.6 Å². The maximum absolute atomic E-state index is 11.8. The summed E-state index contributed by atoms with van der Waals surface area (Å²) < 4.78 is 5.30. The van der Waals surface area contributed by atoms with Crippen LogP contribution in [0.15, 0.2) is 0 Å². The number of aliphatic carboxylic acids is 1. The van der Waals surface area contributed by atoms with E-state index in [4.69, 9.17) is 9.84 Å². The maximum atomic E-state index is 11.8. The largest absolute Gasteiger partial charge is 0.481 e. The molecule has 0 aromatic rings. The number of nitrogens with zero attached hydrogens (tertiary/aromatic N) is 1. The molecule has 1 rings (SSSR count). The van der Waals surface area contributed by atoms with E-state index >= 15 is 0 Å². The Kier molecular flexibility index (Phi) is 5.31. The average Bonchev–Trinajstić information content (AvgIpc) is 2.63. The molecule has 1 saturated heterocycles. The van der Waals surface area contributed by atoms with E-state index in [2.05, 4.69) is 0 Å². The fourth-order valence-corrected chi connectivity index (χ4v) is 2.67. The van der Waals surface area contributed by atoms with Crippen LogP contribution in [0.5, 0.6) is 0 Å². The monoisotopic (exact) mass is 275 g/mol. The fraction of sp³-hybridized carbons (Fsp3) is 0.833. The summed E-state index contributed by atoms with van der Waals surface area (Å²) in [5, 5.41) is 8.55. The van der Waals surface area contributed by atoms with Crippen LogP contribution in [0.25, 0.3) is 0 Å². The molecule has 5 nitrogen and oxygen atoms in total. The van der Waals surface area contributed by atoms with Gasteiger partial charge in [0.05, 0.1) is 5.75 Å². The van der Waals surface area contributed by atoms with Crippen LogP contribution in [0.1, 0.15) is 27.2 Å². The molecule has 1 atom stereocenters. The number of hydrogen-bond acceptors (Lipinski definition) is 4. The molecule has 0 unspecified atom stereocenters. The number of carbonyl (C=O) groups is 2. The summed E-state index contributed by atoms with van der Waals surface area (Å²) in [6.07, 6.45) is 0.652. The van der Waals surface area contributed by atoms with Gasteiger partial charge in [-0.1, -0.05) is 0 Å². The predicted molar refractivity (Wildman–Crippen MR) is 70.9 cm³/mol. The molecule has 1 fully saturated rings. The minimum Gasteiger partial charge on any atom is -0.481 e. The molecule has 0 radical (unpaired) electrons. The molecular weight excluding hydrogens is 254 g/mol. The van der Waals surface area contributed by atoms with Gasteiger partial charge in [-0.2, -0.15) is 0 Å². The van der Waals surface area contributed by atoms with Crippen LogP contribution in [-0.2, 0) is 9.53 Å². The van der Waals surface area contributed by atoms with Crippen molar-refractivity contribution in [3.8, 4) is 0 Å². The second kappa shape index (κ2) is 6.31. The number of ether oxygens (including phenoxy) is 1. The van der Waals surface area contributed by atoms with Crippen LogP contribution in [0.2, 0.25) is 0 Å². The van der Waals surface area contributed by atoms with Gasteiger partial charge >= 0.3 is 12.1 Å². The Labute approximate surface area is 112 Å². The van der Waals surface area contributed by atoms with Gasteiger partial charge < -0.3 is 14.7 Å². The van der Waals surface area contributed by atoms with E-state index < -0.39 is 11.6 Å². The van der Waals surface area contributed by atoms with Crippen molar-refractivity contribution in [1.29, 1.82) is 0 Å². The summed E-state index contributed by atoms with van der Waals surface area (Å²) in [5.41, 5.74) is -0.465. The summed E-state index contributed by atoms with van der Waals surface area (Å²) in [6, 6.07) is 0. The van der Waals surface area contributed by atoms with Crippen molar-refractivity contribution >= 4 is 23.8 Å². The number of carboxylic acids is 1. The molecule has 0 aromatic carbocycles. The maximum Gasteiger partial charge on any atom is 0.410 e. The summed E-state index contributed by atoms with van der Waals surface area (Å²) >= 11 is 1.41. The molecular formula is C12H21NO4S. The normalized spacial score (nSPS) is 19.9. The summed E-state index contributed by atoms with van der Waals surface area (Å²) in [5.74, 6) is 0.498. The topological polar surface area (TPSA) is 66.8 Å². The molecule has 6 heteroatoms. The van der Waals surface area contributed by atoms with Crippen LogP contribution < -0.4 is 0 Å². The van der Waals surface area contributed by atoms with E-state index in [1.807, 2.05) is 20.8 Å². The quantitative estimate of drug-likeness (QED) is 0.850. The summed E-state index contributed by atoms with van der Waals surface area (Å²) in [6.45, 7) is 6.91. The van der Waals surface area contributed by atoms with E-state index in [1.54, 1.807) is 4.90 Å². The van der Waals surface area contributed by atoms with E-state index in [1.165, 1.54) is 11.8 Å². The second-order valence-electron chi connectivity index (χ2n) is 5.49. The third-order valence-electron chi connectivity index (χ3n) is 2.52. The van der Waals surface area contributed by atoms with Gasteiger partial charge in [0, 0.05) is 13.1 Å². The van der Waals surface area contributed by atoms with Crippen LogP contribution in [0.3, 0.4) is 0 Å². The number of carboxylic acid groups (broad SMARTS) is 1. The van der Waals surface area contributed by atoms with Crippen molar-refractivity contribution in [1.82, 2.24) is 4.90 Å². The van der Waals surface area contributed by atoms with Gasteiger partial charge in [-0.25, -0.2) is 4.79 Å². The van der Waals surface area contributed by atoms with Crippen molar-refractivity contribution in [3.05, 3.63) is 0 Å². The average molecular weight is 275 g/mol. The molecule has 18 heavy (non-hydrogen) atoms. The summed E-state index contributed by atoms with van der Waals surface area (Å²) in [4.78, 5) is 23.9. The van der Waals surface area contributed by atoms with Crippen molar-refractivity contribution < 1.29 is 19.4 Å². The van der Waals surface area contributed by atoms with E-state index in [0.29, 0.717) is 19.0 Å². The lowest BCUT2D eigenvalue weighted by Crippen LogP contribution is -2.35. The third-order valence-corrected chi connectivity index (χ3v) is 3.67. The number of carbonyl (C=O) groups excluding carboxylic acids is 1. The van der Waals surface area contributed by atoms with Crippen molar-refractivity contribution in [2.24, 2.45) is 5.92 Å². The number of thioether (sulfide) groups is 1.